The number of rotatable bonds is 3. The molecule has 1 amide bonds. The molecule has 25 heavy (non-hydrogen) atoms. The maximum Gasteiger partial charge on any atom is 0.341 e. The number of likely N-dealkylation sites (tertiary alicyclic amines) is 1. The second kappa shape index (κ2) is 6.94. The summed E-state index contributed by atoms with van der Waals surface area (Å²) in [5.74, 6) is -1.79. The fourth-order valence-electron chi connectivity index (χ4n) is 2.75. The van der Waals surface area contributed by atoms with Gasteiger partial charge in [0.2, 0.25) is 11.6 Å². The first kappa shape index (κ1) is 18.2. The highest BCUT2D eigenvalue weighted by Gasteiger charge is 2.42. The number of piperidine rings is 1. The third kappa shape index (κ3) is 3.52. The van der Waals surface area contributed by atoms with Gasteiger partial charge in [-0.3, -0.25) is 4.79 Å². The largest absolute Gasteiger partial charge is 0.479 e. The number of thiophene rings is 1. The summed E-state index contributed by atoms with van der Waals surface area (Å²) in [6.45, 7) is 0.119. The molecule has 3 rings (SSSR count). The van der Waals surface area contributed by atoms with Gasteiger partial charge in [0.05, 0.1) is 14.7 Å². The molecule has 1 aromatic heterocycles. The average molecular weight is 402 g/mol. The van der Waals surface area contributed by atoms with Crippen molar-refractivity contribution >= 4 is 62.6 Å². The first-order chi connectivity index (χ1) is 11.8. The number of carbonyl (C=O) groups is 2. The van der Waals surface area contributed by atoms with E-state index in [0.29, 0.717) is 15.6 Å². The Kier molecular flexibility index (Phi) is 5.04. The molecule has 0 saturated carbocycles. The number of hydrogen-bond donors (Lipinski definition) is 1. The van der Waals surface area contributed by atoms with E-state index in [-0.39, 0.29) is 31.8 Å². The van der Waals surface area contributed by atoms with E-state index in [1.807, 2.05) is 17.5 Å². The van der Waals surface area contributed by atoms with Crippen LogP contribution in [0.4, 0.5) is 4.39 Å². The van der Waals surface area contributed by atoms with Crippen LogP contribution in [0.25, 0.3) is 16.2 Å². The fraction of sp³-hybridized carbons (Fsp3) is 0.294. The number of nitrogens with zero attached hydrogens (tertiary/aromatic N) is 1. The molecule has 0 aliphatic carbocycles. The Balaban J connectivity index is 1.74. The number of aliphatic carboxylic acids is 1. The summed E-state index contributed by atoms with van der Waals surface area (Å²) in [5, 5.41) is 12.5. The first-order valence-electron chi connectivity index (χ1n) is 7.56. The highest BCUT2D eigenvalue weighted by molar-refractivity contribution is 7.18. The molecular weight excluding hydrogens is 388 g/mol. The molecule has 0 spiro atoms. The Bertz CT molecular complexity index is 872. The normalized spacial score (nSPS) is 17.3. The van der Waals surface area contributed by atoms with Gasteiger partial charge in [-0.15, -0.1) is 11.3 Å². The number of hydrogen-bond acceptors (Lipinski definition) is 3. The van der Waals surface area contributed by atoms with Gasteiger partial charge in [0.25, 0.3) is 0 Å². The average Bonchev–Trinajstić information content (AvgIpc) is 3.05. The van der Waals surface area contributed by atoms with E-state index in [1.54, 1.807) is 6.08 Å². The molecule has 0 bridgehead atoms. The number of fused-ring (bicyclic) bond motifs is 1. The van der Waals surface area contributed by atoms with Gasteiger partial charge in [-0.2, -0.15) is 0 Å². The van der Waals surface area contributed by atoms with Crippen LogP contribution in [0.2, 0.25) is 10.0 Å². The zero-order valence-electron chi connectivity index (χ0n) is 13.0. The molecule has 1 aromatic carbocycles. The summed E-state index contributed by atoms with van der Waals surface area (Å²) in [5.41, 5.74) is -1.63. The topological polar surface area (TPSA) is 57.6 Å². The predicted molar refractivity (Wildman–Crippen MR) is 98.2 cm³/mol. The molecule has 8 heteroatoms. The zero-order chi connectivity index (χ0) is 18.2. The number of amides is 1. The molecular formula is C17H14Cl2FNO3S. The second-order valence-corrected chi connectivity index (χ2v) is 7.53. The van der Waals surface area contributed by atoms with E-state index in [9.17, 15) is 14.0 Å². The molecule has 4 nitrogen and oxygen atoms in total. The van der Waals surface area contributed by atoms with Crippen LogP contribution in [0.15, 0.2) is 23.6 Å². The summed E-state index contributed by atoms with van der Waals surface area (Å²) < 4.78 is 14.9. The van der Waals surface area contributed by atoms with Gasteiger partial charge in [-0.1, -0.05) is 23.2 Å². The molecule has 2 aromatic rings. The summed E-state index contributed by atoms with van der Waals surface area (Å²) in [4.78, 5) is 24.6. The number of carbonyl (C=O) groups excluding carboxylic acids is 1. The standard InChI is InChI=1S/C17H14Cl2FNO3S/c18-13-10(9-11-3-8-25-15(11)14(13)19)1-2-12(22)21-6-4-17(20,5-7-21)16(23)24/h1-3,8-9H,4-7H2,(H,23,24). The Morgan fingerprint density at radius 3 is 2.60 bits per heavy atom. The minimum atomic E-state index is -2.25. The van der Waals surface area contributed by atoms with E-state index in [0.717, 1.165) is 10.1 Å². The SMILES string of the molecule is O=C(C=Cc1cc2ccsc2c(Cl)c1Cl)N1CCC(F)(C(=O)O)CC1. The van der Waals surface area contributed by atoms with Crippen LogP contribution in [-0.2, 0) is 9.59 Å². The number of benzene rings is 1. The lowest BCUT2D eigenvalue weighted by atomic mass is 9.93. The molecule has 0 unspecified atom stereocenters. The van der Waals surface area contributed by atoms with Crippen molar-refractivity contribution in [2.75, 3.05) is 13.1 Å². The van der Waals surface area contributed by atoms with Gasteiger partial charge in [0.15, 0.2) is 0 Å². The maximum atomic E-state index is 14.0. The zero-order valence-corrected chi connectivity index (χ0v) is 15.3. The number of carboxylic acids is 1. The fourth-order valence-corrected chi connectivity index (χ4v) is 4.19. The summed E-state index contributed by atoms with van der Waals surface area (Å²) in [6, 6.07) is 3.76. The Morgan fingerprint density at radius 1 is 1.28 bits per heavy atom. The Hall–Kier alpha value is -1.63. The predicted octanol–water partition coefficient (Wildman–Crippen LogP) is 4.64. The van der Waals surface area contributed by atoms with E-state index < -0.39 is 11.6 Å². The molecule has 0 atom stereocenters. The van der Waals surface area contributed by atoms with Crippen LogP contribution in [-0.4, -0.2) is 40.6 Å². The quantitative estimate of drug-likeness (QED) is 0.762. The van der Waals surface area contributed by atoms with Crippen LogP contribution in [0.1, 0.15) is 18.4 Å². The Morgan fingerprint density at radius 2 is 1.96 bits per heavy atom. The second-order valence-electron chi connectivity index (χ2n) is 5.86. The molecule has 0 radical (unpaired) electrons. The van der Waals surface area contributed by atoms with Gasteiger partial charge < -0.3 is 10.0 Å². The molecule has 2 heterocycles. The van der Waals surface area contributed by atoms with Crippen LogP contribution in [0.5, 0.6) is 0 Å². The van der Waals surface area contributed by atoms with Crippen LogP contribution in [0, 0.1) is 0 Å². The lowest BCUT2D eigenvalue weighted by Crippen LogP contribution is -2.47. The summed E-state index contributed by atoms with van der Waals surface area (Å²) >= 11 is 14.0. The molecule has 132 valence electrons. The van der Waals surface area contributed by atoms with Gasteiger partial charge in [0.1, 0.15) is 0 Å². The molecule has 1 fully saturated rings. The van der Waals surface area contributed by atoms with Gasteiger partial charge >= 0.3 is 5.97 Å². The van der Waals surface area contributed by atoms with Crippen molar-refractivity contribution in [3.63, 3.8) is 0 Å². The lowest BCUT2D eigenvalue weighted by molar-refractivity contribution is -0.155. The number of carboxylic acid groups (broad SMARTS) is 1. The van der Waals surface area contributed by atoms with Crippen LogP contribution in [0.3, 0.4) is 0 Å². The van der Waals surface area contributed by atoms with Crippen molar-refractivity contribution in [2.24, 2.45) is 0 Å². The van der Waals surface area contributed by atoms with Crippen LogP contribution >= 0.6 is 34.5 Å². The minimum absolute atomic E-state index is 0.0596. The number of alkyl halides is 1. The highest BCUT2D eigenvalue weighted by atomic mass is 35.5. The molecule has 1 N–H and O–H groups in total. The summed E-state index contributed by atoms with van der Waals surface area (Å²) in [6.07, 6.45) is 2.49. The van der Waals surface area contributed by atoms with Crippen molar-refractivity contribution in [2.45, 2.75) is 18.5 Å². The summed E-state index contributed by atoms with van der Waals surface area (Å²) in [7, 11) is 0. The van der Waals surface area contributed by atoms with Crippen molar-refractivity contribution in [1.29, 1.82) is 0 Å². The molecule has 1 aliphatic rings. The third-order valence-corrected chi connectivity index (χ3v) is 6.25. The van der Waals surface area contributed by atoms with E-state index in [4.69, 9.17) is 28.3 Å². The van der Waals surface area contributed by atoms with Gasteiger partial charge in [0, 0.05) is 32.0 Å². The van der Waals surface area contributed by atoms with Crippen molar-refractivity contribution in [3.8, 4) is 0 Å². The minimum Gasteiger partial charge on any atom is -0.479 e. The molecule has 1 saturated heterocycles. The Labute approximate surface area is 157 Å². The van der Waals surface area contributed by atoms with E-state index in [1.165, 1.54) is 22.3 Å². The maximum absolute atomic E-state index is 14.0. The van der Waals surface area contributed by atoms with Crippen molar-refractivity contribution < 1.29 is 19.1 Å². The smallest absolute Gasteiger partial charge is 0.341 e. The van der Waals surface area contributed by atoms with Gasteiger partial charge in [-0.25, -0.2) is 9.18 Å². The van der Waals surface area contributed by atoms with Gasteiger partial charge in [-0.05, 0) is 34.5 Å². The van der Waals surface area contributed by atoms with E-state index in [2.05, 4.69) is 0 Å². The first-order valence-corrected chi connectivity index (χ1v) is 9.20. The lowest BCUT2D eigenvalue weighted by Gasteiger charge is -2.33. The van der Waals surface area contributed by atoms with Crippen molar-refractivity contribution in [1.82, 2.24) is 4.90 Å². The molecule has 1 aliphatic heterocycles. The number of halogens is 3. The van der Waals surface area contributed by atoms with Crippen LogP contribution < -0.4 is 0 Å². The van der Waals surface area contributed by atoms with Crippen molar-refractivity contribution in [3.05, 3.63) is 39.2 Å². The van der Waals surface area contributed by atoms with E-state index >= 15 is 0 Å². The third-order valence-electron chi connectivity index (χ3n) is 4.31. The highest BCUT2D eigenvalue weighted by Crippen LogP contribution is 2.37. The monoisotopic (exact) mass is 401 g/mol.